The predicted octanol–water partition coefficient (Wildman–Crippen LogP) is 4.37. The van der Waals surface area contributed by atoms with E-state index >= 15 is 0 Å². The monoisotopic (exact) mass is 396 g/mol. The minimum absolute atomic E-state index is 0.0392. The molecule has 5 nitrogen and oxygen atoms in total. The molecule has 1 aliphatic heterocycles. The highest BCUT2D eigenvalue weighted by atomic mass is 32.1. The molecule has 0 saturated carbocycles. The highest BCUT2D eigenvalue weighted by Crippen LogP contribution is 2.32. The Morgan fingerprint density at radius 3 is 2.79 bits per heavy atom. The van der Waals surface area contributed by atoms with E-state index in [9.17, 15) is 4.79 Å². The van der Waals surface area contributed by atoms with Gasteiger partial charge in [-0.2, -0.15) is 0 Å². The van der Waals surface area contributed by atoms with Crippen LogP contribution in [-0.4, -0.2) is 37.3 Å². The van der Waals surface area contributed by atoms with Gasteiger partial charge in [-0.25, -0.2) is 4.98 Å². The number of methoxy groups -OCH3 is 1. The Labute approximate surface area is 168 Å². The third-order valence-corrected chi connectivity index (χ3v) is 6.11. The van der Waals surface area contributed by atoms with Gasteiger partial charge < -0.3 is 9.47 Å². The van der Waals surface area contributed by atoms with E-state index in [0.717, 1.165) is 51.7 Å². The SMILES string of the molecule is COc1ccc(CC(=O)N(C[C@@H]2CCCO2)c2nc3c(C)cccc3s2)cc1. The van der Waals surface area contributed by atoms with Crippen LogP contribution in [0.2, 0.25) is 0 Å². The number of aromatic nitrogens is 1. The average Bonchev–Trinajstić information content (AvgIpc) is 3.37. The van der Waals surface area contributed by atoms with E-state index in [1.165, 1.54) is 0 Å². The number of hydrogen-bond acceptors (Lipinski definition) is 5. The highest BCUT2D eigenvalue weighted by Gasteiger charge is 2.26. The summed E-state index contributed by atoms with van der Waals surface area (Å²) in [5.74, 6) is 0.825. The van der Waals surface area contributed by atoms with Gasteiger partial charge in [-0.3, -0.25) is 9.69 Å². The van der Waals surface area contributed by atoms with Gasteiger partial charge in [0, 0.05) is 6.61 Å². The second-order valence-electron chi connectivity index (χ2n) is 7.08. The van der Waals surface area contributed by atoms with Crippen LogP contribution in [0.25, 0.3) is 10.2 Å². The van der Waals surface area contributed by atoms with Gasteiger partial charge in [0.25, 0.3) is 0 Å². The molecule has 0 spiro atoms. The van der Waals surface area contributed by atoms with Crippen molar-refractivity contribution in [1.82, 2.24) is 4.98 Å². The van der Waals surface area contributed by atoms with Crippen LogP contribution in [0, 0.1) is 6.92 Å². The van der Waals surface area contributed by atoms with Crippen molar-refractivity contribution in [3.05, 3.63) is 53.6 Å². The van der Waals surface area contributed by atoms with Gasteiger partial charge in [-0.05, 0) is 49.1 Å². The first kappa shape index (κ1) is 18.9. The number of para-hydroxylation sites is 1. The van der Waals surface area contributed by atoms with E-state index in [1.807, 2.05) is 35.2 Å². The Morgan fingerprint density at radius 1 is 1.29 bits per heavy atom. The number of amides is 1. The first-order valence-corrected chi connectivity index (χ1v) is 10.4. The molecule has 6 heteroatoms. The predicted molar refractivity (Wildman–Crippen MR) is 112 cm³/mol. The topological polar surface area (TPSA) is 51.7 Å². The lowest BCUT2D eigenvalue weighted by atomic mass is 10.1. The Bertz CT molecular complexity index is 962. The molecule has 2 heterocycles. The van der Waals surface area contributed by atoms with E-state index in [4.69, 9.17) is 14.5 Å². The van der Waals surface area contributed by atoms with Crippen LogP contribution in [0.5, 0.6) is 5.75 Å². The zero-order valence-corrected chi connectivity index (χ0v) is 17.0. The molecule has 0 aliphatic carbocycles. The van der Waals surface area contributed by atoms with Gasteiger partial charge in [0.05, 0.1) is 36.4 Å². The lowest BCUT2D eigenvalue weighted by molar-refractivity contribution is -0.118. The molecular weight excluding hydrogens is 372 g/mol. The van der Waals surface area contributed by atoms with E-state index in [-0.39, 0.29) is 12.0 Å². The molecule has 1 aromatic heterocycles. The van der Waals surface area contributed by atoms with E-state index in [2.05, 4.69) is 19.1 Å². The van der Waals surface area contributed by atoms with Crippen molar-refractivity contribution in [3.8, 4) is 5.75 Å². The van der Waals surface area contributed by atoms with Crippen molar-refractivity contribution in [2.45, 2.75) is 32.3 Å². The molecule has 0 bridgehead atoms. The first-order valence-electron chi connectivity index (χ1n) is 9.55. The maximum atomic E-state index is 13.2. The summed E-state index contributed by atoms with van der Waals surface area (Å²) in [6, 6.07) is 13.8. The smallest absolute Gasteiger partial charge is 0.233 e. The minimum atomic E-state index is 0.0392. The Balaban J connectivity index is 1.61. The Kier molecular flexibility index (Phi) is 5.59. The van der Waals surface area contributed by atoms with Crippen molar-refractivity contribution in [3.63, 3.8) is 0 Å². The van der Waals surface area contributed by atoms with Crippen molar-refractivity contribution >= 4 is 32.6 Å². The molecule has 1 atom stereocenters. The number of carbonyl (C=O) groups is 1. The van der Waals surface area contributed by atoms with Gasteiger partial charge in [-0.1, -0.05) is 35.6 Å². The molecule has 1 saturated heterocycles. The van der Waals surface area contributed by atoms with Gasteiger partial charge >= 0.3 is 0 Å². The van der Waals surface area contributed by atoms with Crippen LogP contribution in [0.4, 0.5) is 5.13 Å². The fourth-order valence-electron chi connectivity index (χ4n) is 3.48. The van der Waals surface area contributed by atoms with Gasteiger partial charge in [0.2, 0.25) is 5.91 Å². The molecule has 2 aromatic carbocycles. The van der Waals surface area contributed by atoms with E-state index in [0.29, 0.717) is 13.0 Å². The maximum Gasteiger partial charge on any atom is 0.233 e. The zero-order valence-electron chi connectivity index (χ0n) is 16.2. The maximum absolute atomic E-state index is 13.2. The van der Waals surface area contributed by atoms with Crippen LogP contribution in [-0.2, 0) is 16.0 Å². The molecule has 3 aromatic rings. The quantitative estimate of drug-likeness (QED) is 0.621. The Hall–Kier alpha value is -2.44. The van der Waals surface area contributed by atoms with Crippen LogP contribution < -0.4 is 9.64 Å². The number of thiazole rings is 1. The number of rotatable bonds is 6. The molecule has 1 aliphatic rings. The fourth-order valence-corrected chi connectivity index (χ4v) is 4.55. The number of ether oxygens (including phenoxy) is 2. The highest BCUT2D eigenvalue weighted by molar-refractivity contribution is 7.22. The van der Waals surface area contributed by atoms with Crippen molar-refractivity contribution in [2.24, 2.45) is 0 Å². The molecule has 0 radical (unpaired) electrons. The number of fused-ring (bicyclic) bond motifs is 1. The van der Waals surface area contributed by atoms with Crippen LogP contribution in [0.1, 0.15) is 24.0 Å². The molecule has 0 N–H and O–H groups in total. The third kappa shape index (κ3) is 4.03. The average molecular weight is 397 g/mol. The van der Waals surface area contributed by atoms with E-state index < -0.39 is 0 Å². The second-order valence-corrected chi connectivity index (χ2v) is 8.09. The van der Waals surface area contributed by atoms with Crippen LogP contribution in [0.15, 0.2) is 42.5 Å². The molecule has 28 heavy (non-hydrogen) atoms. The van der Waals surface area contributed by atoms with Crippen LogP contribution >= 0.6 is 11.3 Å². The number of carbonyl (C=O) groups excluding carboxylic acids is 1. The summed E-state index contributed by atoms with van der Waals surface area (Å²) in [5.41, 5.74) is 3.05. The van der Waals surface area contributed by atoms with Crippen LogP contribution in [0.3, 0.4) is 0 Å². The minimum Gasteiger partial charge on any atom is -0.497 e. The van der Waals surface area contributed by atoms with Gasteiger partial charge in [0.15, 0.2) is 5.13 Å². The molecule has 4 rings (SSSR count). The summed E-state index contributed by atoms with van der Waals surface area (Å²) in [6.07, 6.45) is 2.43. The summed E-state index contributed by atoms with van der Waals surface area (Å²) in [7, 11) is 1.64. The summed E-state index contributed by atoms with van der Waals surface area (Å²) in [6.45, 7) is 3.37. The van der Waals surface area contributed by atoms with Crippen molar-refractivity contribution in [1.29, 1.82) is 0 Å². The lowest BCUT2D eigenvalue weighted by Gasteiger charge is -2.23. The number of nitrogens with zero attached hydrogens (tertiary/aromatic N) is 2. The number of benzene rings is 2. The third-order valence-electron chi connectivity index (χ3n) is 5.07. The van der Waals surface area contributed by atoms with Crippen molar-refractivity contribution < 1.29 is 14.3 Å². The number of anilines is 1. The zero-order chi connectivity index (χ0) is 19.5. The molecule has 1 fully saturated rings. The molecule has 146 valence electrons. The fraction of sp³-hybridized carbons (Fsp3) is 0.364. The lowest BCUT2D eigenvalue weighted by Crippen LogP contribution is -2.38. The Morgan fingerprint density at radius 2 is 2.11 bits per heavy atom. The molecule has 1 amide bonds. The number of hydrogen-bond donors (Lipinski definition) is 0. The summed E-state index contributed by atoms with van der Waals surface area (Å²) in [5, 5.41) is 0.748. The van der Waals surface area contributed by atoms with Gasteiger partial charge in [-0.15, -0.1) is 0 Å². The van der Waals surface area contributed by atoms with Gasteiger partial charge in [0.1, 0.15) is 5.75 Å². The van der Waals surface area contributed by atoms with Crippen molar-refractivity contribution in [2.75, 3.05) is 25.2 Å². The summed E-state index contributed by atoms with van der Waals surface area (Å²) < 4.78 is 12.1. The largest absolute Gasteiger partial charge is 0.497 e. The molecular formula is C22H24N2O3S. The number of aryl methyl sites for hydroxylation is 1. The summed E-state index contributed by atoms with van der Waals surface area (Å²) in [4.78, 5) is 19.8. The summed E-state index contributed by atoms with van der Waals surface area (Å²) >= 11 is 1.57. The molecule has 0 unspecified atom stereocenters. The van der Waals surface area contributed by atoms with E-state index in [1.54, 1.807) is 18.4 Å². The first-order chi connectivity index (χ1) is 13.6. The standard InChI is InChI=1S/C22H24N2O3S/c1-15-5-3-7-19-21(15)23-22(28-19)24(14-18-6-4-12-27-18)20(25)13-16-8-10-17(26-2)11-9-16/h3,5,7-11,18H,4,6,12-14H2,1-2H3/t18-/m0/s1. The second kappa shape index (κ2) is 8.29. The normalized spacial score (nSPS) is 16.4.